The zero-order valence-corrected chi connectivity index (χ0v) is 8.13. The minimum atomic E-state index is -0.782. The highest BCUT2D eigenvalue weighted by Crippen LogP contribution is 2.40. The lowest BCUT2D eigenvalue weighted by Gasteiger charge is -2.29. The topological polar surface area (TPSA) is 66.9 Å². The summed E-state index contributed by atoms with van der Waals surface area (Å²) in [6, 6.07) is 2.13. The van der Waals surface area contributed by atoms with Gasteiger partial charge in [-0.25, -0.2) is 4.98 Å². The molecular weight excluding hydrogens is 180 g/mol. The zero-order chi connectivity index (χ0) is 10.3. The van der Waals surface area contributed by atoms with Crippen molar-refractivity contribution in [3.8, 4) is 6.07 Å². The highest BCUT2D eigenvalue weighted by atomic mass is 16.4. The maximum atomic E-state index is 10.9. The number of carbonyl (C=O) groups is 1. The second-order valence-electron chi connectivity index (χ2n) is 3.75. The monoisotopic (exact) mass is 190 g/mol. The second-order valence-corrected chi connectivity index (χ2v) is 3.75. The van der Waals surface area contributed by atoms with Crippen molar-refractivity contribution in [2.75, 3.05) is 0 Å². The first-order valence-corrected chi connectivity index (χ1v) is 4.45. The molecule has 0 bridgehead atoms. The van der Waals surface area contributed by atoms with Crippen molar-refractivity contribution in [2.24, 2.45) is 0 Å². The first-order chi connectivity index (χ1) is 6.57. The highest BCUT2D eigenvalue weighted by Gasteiger charge is 2.49. The van der Waals surface area contributed by atoms with Gasteiger partial charge in [0.25, 0.3) is 0 Å². The molecule has 1 aliphatic carbocycles. The fourth-order valence-electron chi connectivity index (χ4n) is 1.58. The fourth-order valence-corrected chi connectivity index (χ4v) is 1.58. The fraction of sp³-hybridized carbons (Fsp3) is 0.500. The normalized spacial score (nSPS) is 18.8. The average molecular weight is 190 g/mol. The van der Waals surface area contributed by atoms with Crippen LogP contribution >= 0.6 is 0 Å². The van der Waals surface area contributed by atoms with Crippen LogP contribution in [0.15, 0.2) is 4.42 Å². The van der Waals surface area contributed by atoms with Crippen LogP contribution in [0.4, 0.5) is 0 Å². The van der Waals surface area contributed by atoms with Gasteiger partial charge in [-0.15, -0.1) is 0 Å². The van der Waals surface area contributed by atoms with Crippen LogP contribution in [-0.4, -0.2) is 10.8 Å². The standard InChI is InChI=1S/C10H10N2O2/c1-6-7(2)14-9(12-6)10(5-11)3-8(13)4-10/h3-4H2,1-2H3. The molecule has 72 valence electrons. The van der Waals surface area contributed by atoms with Crippen LogP contribution in [0.25, 0.3) is 0 Å². The van der Waals surface area contributed by atoms with E-state index in [9.17, 15) is 4.79 Å². The van der Waals surface area contributed by atoms with E-state index in [2.05, 4.69) is 11.1 Å². The van der Waals surface area contributed by atoms with Crippen molar-refractivity contribution < 1.29 is 9.21 Å². The van der Waals surface area contributed by atoms with Crippen molar-refractivity contribution in [3.05, 3.63) is 17.3 Å². The molecule has 0 saturated heterocycles. The average Bonchev–Trinajstić information content (AvgIpc) is 2.41. The summed E-state index contributed by atoms with van der Waals surface area (Å²) in [6.07, 6.45) is 0.478. The summed E-state index contributed by atoms with van der Waals surface area (Å²) in [5.41, 5.74) is 0.00444. The number of aryl methyl sites for hydroxylation is 2. The van der Waals surface area contributed by atoms with E-state index in [0.29, 0.717) is 11.7 Å². The van der Waals surface area contributed by atoms with E-state index in [1.54, 1.807) is 6.92 Å². The largest absolute Gasteiger partial charge is 0.444 e. The molecule has 1 heterocycles. The van der Waals surface area contributed by atoms with Crippen molar-refractivity contribution in [1.29, 1.82) is 5.26 Å². The van der Waals surface area contributed by atoms with Crippen LogP contribution in [0.2, 0.25) is 0 Å². The first kappa shape index (κ1) is 8.95. The molecular formula is C10H10N2O2. The SMILES string of the molecule is Cc1nc(C2(C#N)CC(=O)C2)oc1C. The maximum Gasteiger partial charge on any atom is 0.216 e. The summed E-state index contributed by atoms with van der Waals surface area (Å²) < 4.78 is 5.37. The molecule has 0 radical (unpaired) electrons. The molecule has 0 aromatic carbocycles. The van der Waals surface area contributed by atoms with E-state index in [4.69, 9.17) is 9.68 Å². The molecule has 0 atom stereocenters. The Morgan fingerprint density at radius 2 is 2.14 bits per heavy atom. The van der Waals surface area contributed by atoms with Gasteiger partial charge in [-0.05, 0) is 13.8 Å². The molecule has 0 spiro atoms. The number of rotatable bonds is 1. The van der Waals surface area contributed by atoms with Gasteiger partial charge in [0.2, 0.25) is 5.89 Å². The van der Waals surface area contributed by atoms with Crippen LogP contribution in [0.5, 0.6) is 0 Å². The van der Waals surface area contributed by atoms with Crippen molar-refractivity contribution in [3.63, 3.8) is 0 Å². The third-order valence-corrected chi connectivity index (χ3v) is 2.65. The number of ketones is 1. The van der Waals surface area contributed by atoms with Crippen LogP contribution in [0, 0.1) is 25.2 Å². The molecule has 1 fully saturated rings. The Bertz CT molecular complexity index is 412. The van der Waals surface area contributed by atoms with Gasteiger partial charge in [0.05, 0.1) is 11.8 Å². The van der Waals surface area contributed by atoms with Crippen molar-refractivity contribution in [1.82, 2.24) is 4.98 Å². The smallest absolute Gasteiger partial charge is 0.216 e. The molecule has 2 rings (SSSR count). The Kier molecular flexibility index (Phi) is 1.71. The Morgan fingerprint density at radius 1 is 1.50 bits per heavy atom. The van der Waals surface area contributed by atoms with Crippen molar-refractivity contribution in [2.45, 2.75) is 32.1 Å². The van der Waals surface area contributed by atoms with Crippen LogP contribution in [-0.2, 0) is 10.2 Å². The maximum absolute atomic E-state index is 10.9. The summed E-state index contributed by atoms with van der Waals surface area (Å²) in [5, 5.41) is 9.01. The van der Waals surface area contributed by atoms with E-state index >= 15 is 0 Å². The molecule has 0 unspecified atom stereocenters. The predicted molar refractivity (Wildman–Crippen MR) is 47.5 cm³/mol. The quantitative estimate of drug-likeness (QED) is 0.671. The van der Waals surface area contributed by atoms with Crippen LogP contribution in [0.3, 0.4) is 0 Å². The zero-order valence-electron chi connectivity index (χ0n) is 8.13. The summed E-state index contributed by atoms with van der Waals surface area (Å²) in [4.78, 5) is 15.1. The molecule has 14 heavy (non-hydrogen) atoms. The molecule has 0 aliphatic heterocycles. The Morgan fingerprint density at radius 3 is 2.50 bits per heavy atom. The second kappa shape index (κ2) is 2.68. The Balaban J connectivity index is 2.39. The molecule has 1 aromatic heterocycles. The van der Waals surface area contributed by atoms with Gasteiger partial charge in [0.15, 0.2) is 0 Å². The predicted octanol–water partition coefficient (Wildman–Crippen LogP) is 1.42. The number of oxazole rings is 1. The number of hydrogen-bond acceptors (Lipinski definition) is 4. The molecule has 1 aromatic rings. The molecule has 4 nitrogen and oxygen atoms in total. The van der Waals surface area contributed by atoms with Gasteiger partial charge in [-0.1, -0.05) is 0 Å². The Hall–Kier alpha value is -1.63. The van der Waals surface area contributed by atoms with Gasteiger partial charge < -0.3 is 4.42 Å². The van der Waals surface area contributed by atoms with Crippen LogP contribution in [0.1, 0.15) is 30.2 Å². The van der Waals surface area contributed by atoms with Gasteiger partial charge in [0, 0.05) is 12.8 Å². The van der Waals surface area contributed by atoms with Crippen LogP contribution < -0.4 is 0 Å². The summed E-state index contributed by atoms with van der Waals surface area (Å²) in [5.74, 6) is 1.21. The van der Waals surface area contributed by atoms with Gasteiger partial charge in [-0.2, -0.15) is 5.26 Å². The summed E-state index contributed by atoms with van der Waals surface area (Å²) >= 11 is 0. The minimum Gasteiger partial charge on any atom is -0.444 e. The van der Waals surface area contributed by atoms with E-state index in [1.807, 2.05) is 6.92 Å². The molecule has 1 aliphatic rings. The number of carbonyl (C=O) groups excluding carboxylic acids is 1. The number of hydrogen-bond donors (Lipinski definition) is 0. The molecule has 0 amide bonds. The third-order valence-electron chi connectivity index (χ3n) is 2.65. The van der Waals surface area contributed by atoms with E-state index < -0.39 is 5.41 Å². The van der Waals surface area contributed by atoms with Gasteiger partial charge in [0.1, 0.15) is 17.0 Å². The van der Waals surface area contributed by atoms with E-state index in [1.165, 1.54) is 0 Å². The lowest BCUT2D eigenvalue weighted by Crippen LogP contribution is -2.40. The van der Waals surface area contributed by atoms with Gasteiger partial charge in [-0.3, -0.25) is 4.79 Å². The van der Waals surface area contributed by atoms with Crippen molar-refractivity contribution >= 4 is 5.78 Å². The summed E-state index contributed by atoms with van der Waals surface area (Å²) in [7, 11) is 0. The summed E-state index contributed by atoms with van der Waals surface area (Å²) in [6.45, 7) is 3.63. The number of aromatic nitrogens is 1. The highest BCUT2D eigenvalue weighted by molar-refractivity contribution is 5.89. The number of nitriles is 1. The number of Topliss-reactive ketones (excluding diaryl/α,β-unsaturated/α-hetero) is 1. The third kappa shape index (κ3) is 1.06. The van der Waals surface area contributed by atoms with E-state index in [0.717, 1.165) is 5.69 Å². The van der Waals surface area contributed by atoms with E-state index in [-0.39, 0.29) is 18.6 Å². The first-order valence-electron chi connectivity index (χ1n) is 4.45. The molecule has 1 saturated carbocycles. The lowest BCUT2D eigenvalue weighted by molar-refractivity contribution is -0.127. The Labute approximate surface area is 81.5 Å². The molecule has 0 N–H and O–H groups in total. The minimum absolute atomic E-state index is 0.0973. The lowest BCUT2D eigenvalue weighted by atomic mass is 9.69. The number of nitrogens with zero attached hydrogens (tertiary/aromatic N) is 2. The van der Waals surface area contributed by atoms with Gasteiger partial charge >= 0.3 is 0 Å². The molecule has 4 heteroatoms.